The first-order valence-electron chi connectivity index (χ1n) is 11.4. The third kappa shape index (κ3) is 5.47. The van der Waals surface area contributed by atoms with E-state index in [1.807, 2.05) is 4.90 Å². The van der Waals surface area contributed by atoms with Gasteiger partial charge in [0.25, 0.3) is 5.91 Å². The molecule has 2 saturated heterocycles. The van der Waals surface area contributed by atoms with Gasteiger partial charge in [0.2, 0.25) is 10.0 Å². The number of nitrogens with zero attached hydrogens (tertiary/aromatic N) is 2. The maximum Gasteiger partial charge on any atom is 0.338 e. The van der Waals surface area contributed by atoms with Gasteiger partial charge in [-0.3, -0.25) is 4.79 Å². The quantitative estimate of drug-likeness (QED) is 0.620. The van der Waals surface area contributed by atoms with Crippen molar-refractivity contribution in [1.29, 1.82) is 0 Å². The molecule has 0 radical (unpaired) electrons. The maximum absolute atomic E-state index is 12.8. The van der Waals surface area contributed by atoms with Crippen LogP contribution in [0.1, 0.15) is 69.7 Å². The van der Waals surface area contributed by atoms with Gasteiger partial charge in [-0.1, -0.05) is 13.8 Å². The van der Waals surface area contributed by atoms with Crippen LogP contribution in [-0.4, -0.2) is 61.3 Å². The summed E-state index contributed by atoms with van der Waals surface area (Å²) >= 11 is 0. The van der Waals surface area contributed by atoms with Crippen LogP contribution in [0.4, 0.5) is 0 Å². The molecule has 0 N–H and O–H groups in total. The van der Waals surface area contributed by atoms with Gasteiger partial charge in [0.15, 0.2) is 6.10 Å². The Morgan fingerprint density at radius 2 is 1.71 bits per heavy atom. The summed E-state index contributed by atoms with van der Waals surface area (Å²) in [5.74, 6) is -0.258. The summed E-state index contributed by atoms with van der Waals surface area (Å²) in [6, 6.07) is 5.98. The highest BCUT2D eigenvalue weighted by molar-refractivity contribution is 7.89. The van der Waals surface area contributed by atoms with Crippen LogP contribution in [0.2, 0.25) is 0 Å². The van der Waals surface area contributed by atoms with E-state index in [2.05, 4.69) is 13.8 Å². The second kappa shape index (κ2) is 10.1. The molecule has 0 bridgehead atoms. The van der Waals surface area contributed by atoms with Crippen molar-refractivity contribution in [2.24, 2.45) is 5.92 Å². The SMILES string of the molecule is CCC1CCCCN1C(=O)C(C)OC(=O)c1ccc(S(=O)(=O)N2CCC(C)CC2)cc1. The van der Waals surface area contributed by atoms with Crippen LogP contribution >= 0.6 is 0 Å². The predicted molar refractivity (Wildman–Crippen MR) is 118 cm³/mol. The fourth-order valence-corrected chi connectivity index (χ4v) is 5.83. The molecule has 0 saturated carbocycles. The lowest BCUT2D eigenvalue weighted by molar-refractivity contribution is -0.143. The minimum Gasteiger partial charge on any atom is -0.449 e. The largest absolute Gasteiger partial charge is 0.449 e. The van der Waals surface area contributed by atoms with Crippen molar-refractivity contribution in [2.45, 2.75) is 76.3 Å². The molecule has 172 valence electrons. The Labute approximate surface area is 185 Å². The van der Waals surface area contributed by atoms with Crippen LogP contribution in [0.3, 0.4) is 0 Å². The number of amides is 1. The van der Waals surface area contributed by atoms with Crippen molar-refractivity contribution in [3.05, 3.63) is 29.8 Å². The molecule has 2 aliphatic heterocycles. The molecule has 1 amide bonds. The number of benzene rings is 1. The second-order valence-corrected chi connectivity index (χ2v) is 10.7. The van der Waals surface area contributed by atoms with E-state index < -0.39 is 22.1 Å². The number of hydrogen-bond acceptors (Lipinski definition) is 5. The summed E-state index contributed by atoms with van der Waals surface area (Å²) in [6.07, 6.45) is 4.78. The lowest BCUT2D eigenvalue weighted by Crippen LogP contribution is -2.48. The Balaban J connectivity index is 1.63. The molecular weight excluding hydrogens is 416 g/mol. The number of hydrogen-bond donors (Lipinski definition) is 0. The zero-order valence-corrected chi connectivity index (χ0v) is 19.6. The van der Waals surface area contributed by atoms with E-state index in [-0.39, 0.29) is 22.4 Å². The summed E-state index contributed by atoms with van der Waals surface area (Å²) < 4.78 is 32.6. The van der Waals surface area contributed by atoms with Gasteiger partial charge >= 0.3 is 5.97 Å². The minimum absolute atomic E-state index is 0.168. The topological polar surface area (TPSA) is 84.0 Å². The van der Waals surface area contributed by atoms with Gasteiger partial charge in [-0.05, 0) is 75.6 Å². The number of esters is 1. The zero-order chi connectivity index (χ0) is 22.6. The fourth-order valence-electron chi connectivity index (χ4n) is 4.37. The van der Waals surface area contributed by atoms with Crippen molar-refractivity contribution in [1.82, 2.24) is 9.21 Å². The summed E-state index contributed by atoms with van der Waals surface area (Å²) in [5.41, 5.74) is 0.233. The molecule has 0 aliphatic carbocycles. The molecule has 2 atom stereocenters. The van der Waals surface area contributed by atoms with E-state index in [9.17, 15) is 18.0 Å². The summed E-state index contributed by atoms with van der Waals surface area (Å²) in [4.78, 5) is 27.3. The molecule has 7 nitrogen and oxygen atoms in total. The first-order valence-corrected chi connectivity index (χ1v) is 12.8. The van der Waals surface area contributed by atoms with Gasteiger partial charge < -0.3 is 9.64 Å². The van der Waals surface area contributed by atoms with Crippen molar-refractivity contribution >= 4 is 21.9 Å². The average molecular weight is 451 g/mol. The van der Waals surface area contributed by atoms with Crippen molar-refractivity contribution in [3.63, 3.8) is 0 Å². The monoisotopic (exact) mass is 450 g/mol. The van der Waals surface area contributed by atoms with Crippen molar-refractivity contribution in [2.75, 3.05) is 19.6 Å². The van der Waals surface area contributed by atoms with Crippen molar-refractivity contribution < 1.29 is 22.7 Å². The molecule has 31 heavy (non-hydrogen) atoms. The smallest absolute Gasteiger partial charge is 0.338 e. The fraction of sp³-hybridized carbons (Fsp3) is 0.652. The van der Waals surface area contributed by atoms with E-state index in [0.717, 1.165) is 38.5 Å². The number of carbonyl (C=O) groups excluding carboxylic acids is 2. The van der Waals surface area contributed by atoms with Gasteiger partial charge in [0, 0.05) is 25.7 Å². The van der Waals surface area contributed by atoms with E-state index in [1.165, 1.54) is 28.6 Å². The van der Waals surface area contributed by atoms with Crippen LogP contribution in [0.5, 0.6) is 0 Å². The Kier molecular flexibility index (Phi) is 7.75. The normalized spacial score (nSPS) is 22.2. The van der Waals surface area contributed by atoms with Crippen LogP contribution in [0.15, 0.2) is 29.2 Å². The number of likely N-dealkylation sites (tertiary alicyclic amines) is 1. The van der Waals surface area contributed by atoms with Gasteiger partial charge in [0.1, 0.15) is 0 Å². The Hall–Kier alpha value is -1.93. The van der Waals surface area contributed by atoms with Gasteiger partial charge in [-0.15, -0.1) is 0 Å². The first kappa shape index (κ1) is 23.7. The highest BCUT2D eigenvalue weighted by Crippen LogP contribution is 2.24. The molecule has 2 unspecified atom stereocenters. The molecule has 8 heteroatoms. The van der Waals surface area contributed by atoms with E-state index in [4.69, 9.17) is 4.74 Å². The first-order chi connectivity index (χ1) is 14.7. The van der Waals surface area contributed by atoms with E-state index in [0.29, 0.717) is 25.6 Å². The van der Waals surface area contributed by atoms with Crippen LogP contribution in [0, 0.1) is 5.92 Å². The standard InChI is InChI=1S/C23H34N2O5S/c1-4-20-7-5-6-14-25(20)22(26)18(3)30-23(27)19-8-10-21(11-9-19)31(28,29)24-15-12-17(2)13-16-24/h8-11,17-18,20H,4-7,12-16H2,1-3H3. The highest BCUT2D eigenvalue weighted by Gasteiger charge is 2.31. The maximum atomic E-state index is 12.8. The predicted octanol–water partition coefficient (Wildman–Crippen LogP) is 3.44. The summed E-state index contributed by atoms with van der Waals surface area (Å²) in [5, 5.41) is 0. The van der Waals surface area contributed by atoms with Crippen LogP contribution < -0.4 is 0 Å². The molecule has 2 aliphatic rings. The second-order valence-electron chi connectivity index (χ2n) is 8.75. The third-order valence-electron chi connectivity index (χ3n) is 6.48. The molecular formula is C23H34N2O5S. The minimum atomic E-state index is -3.57. The molecule has 1 aromatic carbocycles. The summed E-state index contributed by atoms with van der Waals surface area (Å²) in [6.45, 7) is 7.51. The van der Waals surface area contributed by atoms with Crippen molar-refractivity contribution in [3.8, 4) is 0 Å². The van der Waals surface area contributed by atoms with Gasteiger partial charge in [-0.25, -0.2) is 13.2 Å². The highest BCUT2D eigenvalue weighted by atomic mass is 32.2. The zero-order valence-electron chi connectivity index (χ0n) is 18.7. The average Bonchev–Trinajstić information content (AvgIpc) is 2.78. The molecule has 2 heterocycles. The number of ether oxygens (including phenoxy) is 1. The molecule has 3 rings (SSSR count). The lowest BCUT2D eigenvalue weighted by Gasteiger charge is -2.36. The molecule has 0 spiro atoms. The number of rotatable bonds is 6. The Morgan fingerprint density at radius 3 is 2.32 bits per heavy atom. The number of piperidine rings is 2. The third-order valence-corrected chi connectivity index (χ3v) is 8.40. The number of carbonyl (C=O) groups is 2. The lowest BCUT2D eigenvalue weighted by atomic mass is 9.99. The van der Waals surface area contributed by atoms with E-state index >= 15 is 0 Å². The van der Waals surface area contributed by atoms with Gasteiger partial charge in [-0.2, -0.15) is 4.31 Å². The van der Waals surface area contributed by atoms with Crippen LogP contribution in [-0.2, 0) is 19.6 Å². The number of sulfonamides is 1. The van der Waals surface area contributed by atoms with Crippen LogP contribution in [0.25, 0.3) is 0 Å². The Bertz CT molecular complexity index is 876. The molecule has 0 aromatic heterocycles. The summed E-state index contributed by atoms with van der Waals surface area (Å²) in [7, 11) is -3.57. The Morgan fingerprint density at radius 1 is 1.06 bits per heavy atom. The van der Waals surface area contributed by atoms with Gasteiger partial charge in [0.05, 0.1) is 10.5 Å². The molecule has 2 fully saturated rings. The van der Waals surface area contributed by atoms with E-state index in [1.54, 1.807) is 6.92 Å². The molecule has 1 aromatic rings.